The zero-order valence-corrected chi connectivity index (χ0v) is 20.2. The van der Waals surface area contributed by atoms with Crippen LogP contribution >= 0.6 is 0 Å². The second-order valence-corrected chi connectivity index (χ2v) is 17.5. The fraction of sp³-hybridized carbons (Fsp3) is 0.900. The van der Waals surface area contributed by atoms with Gasteiger partial charge in [0.1, 0.15) is 0 Å². The summed E-state index contributed by atoms with van der Waals surface area (Å²) in [5, 5.41) is 0. The molecule has 0 radical (unpaired) electrons. The van der Waals surface area contributed by atoms with E-state index in [1.54, 1.807) is 0 Å². The van der Waals surface area contributed by atoms with E-state index in [0.29, 0.717) is 24.7 Å². The third-order valence-electron chi connectivity index (χ3n) is 4.04. The average Bonchev–Trinajstić information content (AvgIpc) is 2.44. The fourth-order valence-corrected chi connectivity index (χ4v) is 6.50. The standard InChI is InChI=1S/2C9H18O2.2CH3.Sn/c2*1-8(2)6-4-3-5-7-9(10)11;;;/h2*8H,3-7H2,1-2H3,(H,10,11);2*1H3;/q;;;;+2/p-2. The maximum absolute atomic E-state index is 11.9. The fourth-order valence-electron chi connectivity index (χ4n) is 2.67. The molecule has 0 saturated carbocycles. The normalized spacial score (nSPS) is 11.8. The number of rotatable bonds is 14. The number of unbranched alkanes of at least 4 members (excludes halogenated alkanes) is 4. The minimum absolute atomic E-state index is 0.199. The van der Waals surface area contributed by atoms with Crippen LogP contribution in [0.4, 0.5) is 0 Å². The molecule has 0 bridgehead atoms. The molecule has 0 spiro atoms. The van der Waals surface area contributed by atoms with Gasteiger partial charge in [-0.25, -0.2) is 0 Å². The molecule has 0 rings (SSSR count). The van der Waals surface area contributed by atoms with Gasteiger partial charge in [-0.3, -0.25) is 0 Å². The van der Waals surface area contributed by atoms with E-state index in [0.717, 1.165) is 38.5 Å². The van der Waals surface area contributed by atoms with Gasteiger partial charge in [0.05, 0.1) is 0 Å². The van der Waals surface area contributed by atoms with Gasteiger partial charge in [-0.2, -0.15) is 0 Å². The van der Waals surface area contributed by atoms with Gasteiger partial charge in [-0.1, -0.05) is 0 Å². The van der Waals surface area contributed by atoms with Crippen LogP contribution in [0, 0.1) is 11.8 Å². The second-order valence-electron chi connectivity index (χ2n) is 8.33. The molecule has 0 aromatic heterocycles. The first kappa shape index (κ1) is 24.7. The molecule has 0 aliphatic heterocycles. The first-order valence-corrected chi connectivity index (χ1v) is 18.1. The summed E-state index contributed by atoms with van der Waals surface area (Å²) >= 11 is -3.48. The molecule has 5 heteroatoms. The molecule has 0 aromatic carbocycles. The molecule has 0 amide bonds. The van der Waals surface area contributed by atoms with Crippen molar-refractivity contribution in [2.45, 2.75) is 102 Å². The summed E-state index contributed by atoms with van der Waals surface area (Å²) in [6.45, 7) is 8.85. The first-order chi connectivity index (χ1) is 11.6. The van der Waals surface area contributed by atoms with Crippen molar-refractivity contribution in [2.75, 3.05) is 0 Å². The van der Waals surface area contributed by atoms with Crippen molar-refractivity contribution in [3.63, 3.8) is 0 Å². The van der Waals surface area contributed by atoms with Gasteiger partial charge in [0.2, 0.25) is 0 Å². The molecule has 25 heavy (non-hydrogen) atoms. The molecular weight excluding hydrogens is 423 g/mol. The van der Waals surface area contributed by atoms with Crippen LogP contribution in [0.3, 0.4) is 0 Å². The second kappa shape index (κ2) is 13.9. The molecule has 0 aliphatic carbocycles. The molecule has 0 fully saturated rings. The third kappa shape index (κ3) is 16.9. The Morgan fingerprint density at radius 1 is 0.680 bits per heavy atom. The Bertz CT molecular complexity index is 344. The van der Waals surface area contributed by atoms with Crippen LogP contribution < -0.4 is 0 Å². The monoisotopic (exact) mass is 464 g/mol. The molecule has 0 aliphatic rings. The Morgan fingerprint density at radius 3 is 1.36 bits per heavy atom. The summed E-state index contributed by atoms with van der Waals surface area (Å²) < 4.78 is 11.0. The van der Waals surface area contributed by atoms with E-state index >= 15 is 0 Å². The predicted molar refractivity (Wildman–Crippen MR) is 106 cm³/mol. The Morgan fingerprint density at radius 2 is 1.04 bits per heavy atom. The van der Waals surface area contributed by atoms with E-state index in [-0.39, 0.29) is 11.9 Å². The van der Waals surface area contributed by atoms with Crippen LogP contribution in [0.15, 0.2) is 0 Å². The van der Waals surface area contributed by atoms with Crippen molar-refractivity contribution in [3.05, 3.63) is 0 Å². The van der Waals surface area contributed by atoms with E-state index in [4.69, 9.17) is 6.15 Å². The Balaban J connectivity index is 3.86. The molecule has 0 saturated heterocycles. The maximum atomic E-state index is 11.9. The number of carbonyl (C=O) groups excluding carboxylic acids is 2. The Kier molecular flexibility index (Phi) is 13.7. The van der Waals surface area contributed by atoms with Crippen molar-refractivity contribution in [2.24, 2.45) is 11.8 Å². The van der Waals surface area contributed by atoms with Gasteiger partial charge in [0, 0.05) is 0 Å². The molecule has 0 heterocycles. The number of hydrogen-bond acceptors (Lipinski definition) is 4. The van der Waals surface area contributed by atoms with E-state index in [2.05, 4.69) is 27.7 Å². The zero-order valence-electron chi connectivity index (χ0n) is 17.4. The quantitative estimate of drug-likeness (QED) is 0.235. The van der Waals surface area contributed by atoms with E-state index in [9.17, 15) is 9.59 Å². The molecule has 0 aromatic rings. The van der Waals surface area contributed by atoms with Crippen molar-refractivity contribution >= 4 is 31.1 Å². The summed E-state index contributed by atoms with van der Waals surface area (Å²) in [4.78, 5) is 27.5. The van der Waals surface area contributed by atoms with Crippen molar-refractivity contribution in [1.82, 2.24) is 0 Å². The molecular formula is C20H40O4Sn. The van der Waals surface area contributed by atoms with E-state index in [1.807, 2.05) is 9.88 Å². The number of hydrogen-bond donors (Lipinski definition) is 0. The van der Waals surface area contributed by atoms with Crippen LogP contribution in [0.2, 0.25) is 9.88 Å². The van der Waals surface area contributed by atoms with Crippen LogP contribution in [0.5, 0.6) is 0 Å². The summed E-state index contributed by atoms with van der Waals surface area (Å²) in [6.07, 6.45) is 9.42. The molecule has 4 nitrogen and oxygen atoms in total. The van der Waals surface area contributed by atoms with Crippen LogP contribution in [-0.2, 0) is 15.7 Å². The van der Waals surface area contributed by atoms with Crippen molar-refractivity contribution < 1.29 is 15.7 Å². The third-order valence-corrected chi connectivity index (χ3v) is 8.15. The molecule has 0 unspecified atom stereocenters. The van der Waals surface area contributed by atoms with Crippen molar-refractivity contribution in [1.29, 1.82) is 0 Å². The summed E-state index contributed by atoms with van der Waals surface area (Å²) in [7, 11) is 0. The first-order valence-electron chi connectivity index (χ1n) is 10.1. The van der Waals surface area contributed by atoms with Gasteiger partial charge in [-0.15, -0.1) is 0 Å². The zero-order chi connectivity index (χ0) is 19.3. The SMILES string of the molecule is CC(C)CCCCCC(=O)[O][Sn]([CH3])([CH3])[O]C(=O)CCCCCC(C)C. The van der Waals surface area contributed by atoms with E-state index in [1.165, 1.54) is 12.8 Å². The van der Waals surface area contributed by atoms with Gasteiger partial charge >= 0.3 is 160 Å². The van der Waals surface area contributed by atoms with Gasteiger partial charge in [0.15, 0.2) is 0 Å². The summed E-state index contributed by atoms with van der Waals surface area (Å²) in [5.41, 5.74) is 0. The van der Waals surface area contributed by atoms with Crippen molar-refractivity contribution in [3.8, 4) is 0 Å². The molecule has 148 valence electrons. The minimum atomic E-state index is -3.48. The van der Waals surface area contributed by atoms with Crippen LogP contribution in [-0.4, -0.2) is 31.1 Å². The molecule has 0 atom stereocenters. The predicted octanol–water partition coefficient (Wildman–Crippen LogP) is 5.99. The van der Waals surface area contributed by atoms with Gasteiger partial charge < -0.3 is 0 Å². The summed E-state index contributed by atoms with van der Waals surface area (Å²) in [5.74, 6) is 1.03. The van der Waals surface area contributed by atoms with E-state index < -0.39 is 19.2 Å². The summed E-state index contributed by atoms with van der Waals surface area (Å²) in [6, 6.07) is 0. The van der Waals surface area contributed by atoms with Gasteiger partial charge in [-0.05, 0) is 0 Å². The number of carbonyl (C=O) groups is 2. The van der Waals surface area contributed by atoms with Crippen LogP contribution in [0.1, 0.15) is 91.9 Å². The topological polar surface area (TPSA) is 52.6 Å². The Hall–Kier alpha value is -0.261. The molecule has 0 N–H and O–H groups in total. The van der Waals surface area contributed by atoms with Crippen LogP contribution in [0.25, 0.3) is 0 Å². The Labute approximate surface area is 160 Å². The van der Waals surface area contributed by atoms with Gasteiger partial charge in [0.25, 0.3) is 0 Å². The average molecular weight is 463 g/mol.